The van der Waals surface area contributed by atoms with Crippen LogP contribution in [0.5, 0.6) is 0 Å². The predicted molar refractivity (Wildman–Crippen MR) is 117 cm³/mol. The van der Waals surface area contributed by atoms with Gasteiger partial charge < -0.3 is 15.5 Å². The fourth-order valence-corrected chi connectivity index (χ4v) is 5.05. The highest BCUT2D eigenvalue weighted by atomic mass is 79.9. The maximum absolute atomic E-state index is 13.1. The zero-order valence-corrected chi connectivity index (χ0v) is 18.0. The first-order chi connectivity index (χ1) is 14.0. The van der Waals surface area contributed by atoms with E-state index in [1.54, 1.807) is 4.90 Å². The van der Waals surface area contributed by atoms with Crippen molar-refractivity contribution in [2.24, 2.45) is 5.92 Å². The lowest BCUT2D eigenvalue weighted by Crippen LogP contribution is -2.50. The van der Waals surface area contributed by atoms with E-state index in [-0.39, 0.29) is 23.6 Å². The van der Waals surface area contributed by atoms with Gasteiger partial charge in [-0.3, -0.25) is 14.4 Å². The second-order valence-corrected chi connectivity index (χ2v) is 9.17. The molecule has 0 unspecified atom stereocenters. The van der Waals surface area contributed by atoms with Crippen LogP contribution in [0, 0.1) is 5.92 Å². The van der Waals surface area contributed by atoms with Crippen LogP contribution in [0.3, 0.4) is 0 Å². The van der Waals surface area contributed by atoms with Crippen molar-refractivity contribution in [3.63, 3.8) is 0 Å². The average molecular weight is 474 g/mol. The van der Waals surface area contributed by atoms with Crippen LogP contribution in [0.15, 0.2) is 57.9 Å². The lowest BCUT2D eigenvalue weighted by Gasteiger charge is -2.35. The minimum atomic E-state index is -0.822. The number of nitrogens with zero attached hydrogens (tertiary/aromatic N) is 1. The summed E-state index contributed by atoms with van der Waals surface area (Å²) in [6.07, 6.45) is 1.45. The molecule has 0 spiro atoms. The number of rotatable bonds is 3. The van der Waals surface area contributed by atoms with Crippen LogP contribution in [0.2, 0.25) is 0 Å². The van der Waals surface area contributed by atoms with Gasteiger partial charge in [0.15, 0.2) is 5.25 Å². The summed E-state index contributed by atoms with van der Waals surface area (Å²) in [6.45, 7) is 0.885. The Morgan fingerprint density at radius 2 is 2.00 bits per heavy atom. The Morgan fingerprint density at radius 3 is 2.83 bits per heavy atom. The van der Waals surface area contributed by atoms with Crippen LogP contribution in [-0.2, 0) is 14.4 Å². The molecule has 0 aliphatic carbocycles. The van der Waals surface area contributed by atoms with E-state index in [4.69, 9.17) is 0 Å². The molecule has 2 aliphatic rings. The van der Waals surface area contributed by atoms with Crippen LogP contribution in [-0.4, -0.2) is 41.0 Å². The van der Waals surface area contributed by atoms with Crippen molar-refractivity contribution < 1.29 is 14.4 Å². The quantitative estimate of drug-likeness (QED) is 0.665. The molecule has 2 aromatic rings. The molecule has 150 valence electrons. The number of fused-ring (bicyclic) bond motifs is 1. The summed E-state index contributed by atoms with van der Waals surface area (Å²) in [5.74, 6) is -0.941. The Balaban J connectivity index is 1.42. The third-order valence-electron chi connectivity index (χ3n) is 5.05. The van der Waals surface area contributed by atoms with Crippen molar-refractivity contribution in [3.8, 4) is 0 Å². The number of piperidine rings is 1. The number of carbonyl (C=O) groups is 3. The first kappa shape index (κ1) is 20.0. The molecule has 0 bridgehead atoms. The third kappa shape index (κ3) is 4.48. The van der Waals surface area contributed by atoms with Crippen molar-refractivity contribution >= 4 is 56.8 Å². The second kappa shape index (κ2) is 8.59. The topological polar surface area (TPSA) is 78.5 Å². The van der Waals surface area contributed by atoms with E-state index in [1.165, 1.54) is 11.8 Å². The van der Waals surface area contributed by atoms with E-state index < -0.39 is 5.25 Å². The Labute approximate surface area is 181 Å². The number of amides is 3. The summed E-state index contributed by atoms with van der Waals surface area (Å²) in [5, 5.41) is 4.91. The van der Waals surface area contributed by atoms with Crippen LogP contribution >= 0.6 is 27.7 Å². The van der Waals surface area contributed by atoms with Crippen molar-refractivity contribution in [1.29, 1.82) is 0 Å². The van der Waals surface area contributed by atoms with Gasteiger partial charge in [-0.05, 0) is 43.2 Å². The van der Waals surface area contributed by atoms with E-state index >= 15 is 0 Å². The van der Waals surface area contributed by atoms with Gasteiger partial charge in [0.2, 0.25) is 17.7 Å². The van der Waals surface area contributed by atoms with E-state index in [0.29, 0.717) is 18.8 Å². The fourth-order valence-electron chi connectivity index (χ4n) is 3.58. The van der Waals surface area contributed by atoms with Gasteiger partial charge in [-0.2, -0.15) is 0 Å². The molecule has 0 saturated carbocycles. The lowest BCUT2D eigenvalue weighted by atomic mass is 9.96. The first-order valence-electron chi connectivity index (χ1n) is 9.43. The first-order valence-corrected chi connectivity index (χ1v) is 11.1. The molecule has 2 N–H and O–H groups in total. The third-order valence-corrected chi connectivity index (χ3v) is 6.80. The molecule has 29 heavy (non-hydrogen) atoms. The minimum Gasteiger partial charge on any atom is -0.340 e. The van der Waals surface area contributed by atoms with Gasteiger partial charge in [-0.25, -0.2) is 0 Å². The highest BCUT2D eigenvalue weighted by Gasteiger charge is 2.38. The van der Waals surface area contributed by atoms with Crippen molar-refractivity contribution in [3.05, 3.63) is 53.0 Å². The maximum Gasteiger partial charge on any atom is 0.247 e. The van der Waals surface area contributed by atoms with Crippen LogP contribution in [0.4, 0.5) is 11.4 Å². The predicted octanol–water partition coefficient (Wildman–Crippen LogP) is 3.74. The molecular formula is C21H20BrN3O3S. The van der Waals surface area contributed by atoms with Crippen molar-refractivity contribution in [2.45, 2.75) is 23.0 Å². The number of likely N-dealkylation sites (tertiary alicyclic amines) is 1. The molecule has 6 nitrogen and oxygen atoms in total. The van der Waals surface area contributed by atoms with E-state index in [9.17, 15) is 14.4 Å². The van der Waals surface area contributed by atoms with Crippen LogP contribution < -0.4 is 10.6 Å². The second-order valence-electron chi connectivity index (χ2n) is 7.11. The molecule has 2 aliphatic heterocycles. The molecule has 2 atom stereocenters. The molecule has 3 amide bonds. The van der Waals surface area contributed by atoms with Crippen LogP contribution in [0.1, 0.15) is 12.8 Å². The summed E-state index contributed by atoms with van der Waals surface area (Å²) in [7, 11) is 0. The number of para-hydroxylation sites is 1. The molecule has 0 aromatic heterocycles. The lowest BCUT2D eigenvalue weighted by molar-refractivity contribution is -0.136. The molecular weight excluding hydrogens is 454 g/mol. The van der Waals surface area contributed by atoms with Crippen LogP contribution in [0.25, 0.3) is 0 Å². The number of thioether (sulfide) groups is 1. The van der Waals surface area contributed by atoms with Gasteiger partial charge >= 0.3 is 0 Å². The van der Waals surface area contributed by atoms with Gasteiger partial charge in [-0.15, -0.1) is 11.8 Å². The summed E-state index contributed by atoms with van der Waals surface area (Å²) in [4.78, 5) is 40.8. The van der Waals surface area contributed by atoms with E-state index in [1.807, 2.05) is 48.5 Å². The number of halogens is 1. The fraction of sp³-hybridized carbons (Fsp3) is 0.286. The highest BCUT2D eigenvalue weighted by molar-refractivity contribution is 9.10. The average Bonchev–Trinajstić information content (AvgIpc) is 2.73. The van der Waals surface area contributed by atoms with Crippen molar-refractivity contribution in [2.75, 3.05) is 23.7 Å². The maximum atomic E-state index is 13.1. The van der Waals surface area contributed by atoms with Crippen molar-refractivity contribution in [1.82, 2.24) is 4.90 Å². The molecule has 2 heterocycles. The Kier molecular flexibility index (Phi) is 5.91. The normalized spacial score (nSPS) is 21.1. The summed E-state index contributed by atoms with van der Waals surface area (Å²) >= 11 is 4.67. The number of anilines is 2. The Morgan fingerprint density at radius 1 is 1.17 bits per heavy atom. The Hall–Kier alpha value is -2.32. The Bertz CT molecular complexity index is 968. The number of nitrogens with one attached hydrogen (secondary N) is 2. The number of hydrogen-bond acceptors (Lipinski definition) is 4. The molecule has 8 heteroatoms. The molecule has 2 aromatic carbocycles. The summed E-state index contributed by atoms with van der Waals surface area (Å²) < 4.78 is 0.886. The monoisotopic (exact) mass is 473 g/mol. The van der Waals surface area contributed by atoms with Gasteiger partial charge in [0.25, 0.3) is 0 Å². The van der Waals surface area contributed by atoms with E-state index in [2.05, 4.69) is 26.6 Å². The number of benzene rings is 2. The van der Waals surface area contributed by atoms with Gasteiger partial charge in [0.1, 0.15) is 0 Å². The van der Waals surface area contributed by atoms with E-state index in [0.717, 1.165) is 27.9 Å². The molecule has 0 radical (unpaired) electrons. The zero-order chi connectivity index (χ0) is 20.4. The number of carbonyl (C=O) groups excluding carboxylic acids is 3. The highest BCUT2D eigenvalue weighted by Crippen LogP contribution is 2.36. The molecule has 1 saturated heterocycles. The number of hydrogen-bond donors (Lipinski definition) is 2. The minimum absolute atomic E-state index is 0.105. The van der Waals surface area contributed by atoms with Gasteiger partial charge in [0, 0.05) is 28.1 Å². The SMILES string of the molecule is O=C(Nc1cccc(Br)c1)[C@H]1CCCN(C(=O)[C@@H]2Sc3ccccc3NC2=O)C1. The standard InChI is InChI=1S/C21H20BrN3O3S/c22-14-6-3-7-15(11-14)23-19(26)13-5-4-10-25(12-13)21(28)18-20(27)24-16-8-1-2-9-17(16)29-18/h1-3,6-9,11,13,18H,4-5,10,12H2,(H,23,26)(H,24,27)/t13-,18+/m0/s1. The van der Waals surface area contributed by atoms with Gasteiger partial charge in [-0.1, -0.05) is 34.1 Å². The largest absolute Gasteiger partial charge is 0.340 e. The summed E-state index contributed by atoms with van der Waals surface area (Å²) in [5.41, 5.74) is 1.45. The zero-order valence-electron chi connectivity index (χ0n) is 15.6. The molecule has 1 fully saturated rings. The van der Waals surface area contributed by atoms with Gasteiger partial charge in [0.05, 0.1) is 11.6 Å². The summed E-state index contributed by atoms with van der Waals surface area (Å²) in [6, 6.07) is 14.9. The smallest absolute Gasteiger partial charge is 0.247 e. The molecule has 4 rings (SSSR count).